The van der Waals surface area contributed by atoms with Gasteiger partial charge >= 0.3 is 0 Å². The number of nitrogens with zero attached hydrogens (tertiary/aromatic N) is 1. The Hall–Kier alpha value is -2.07. The highest BCUT2D eigenvalue weighted by molar-refractivity contribution is 8.01. The van der Waals surface area contributed by atoms with Crippen LogP contribution in [-0.4, -0.2) is 42.9 Å². The minimum absolute atomic E-state index is 0.140. The summed E-state index contributed by atoms with van der Waals surface area (Å²) in [6.07, 6.45) is 0.840. The number of carbonyl (C=O) groups is 2. The lowest BCUT2D eigenvalue weighted by atomic mass is 9.97. The van der Waals surface area contributed by atoms with Gasteiger partial charge in [0.15, 0.2) is 0 Å². The van der Waals surface area contributed by atoms with Crippen LogP contribution in [0, 0.1) is 12.8 Å². The molecule has 0 spiro atoms. The first-order valence-corrected chi connectivity index (χ1v) is 13.0. The summed E-state index contributed by atoms with van der Waals surface area (Å²) in [7, 11) is -3.73. The van der Waals surface area contributed by atoms with Crippen LogP contribution in [0.25, 0.3) is 0 Å². The van der Waals surface area contributed by atoms with Gasteiger partial charge in [-0.1, -0.05) is 17.7 Å². The predicted octanol–water partition coefficient (Wildman–Crippen LogP) is 4.12. The minimum Gasteiger partial charge on any atom is -0.325 e. The van der Waals surface area contributed by atoms with Crippen LogP contribution in [0.15, 0.2) is 46.2 Å². The number of anilines is 2. The number of fused-ring (bicyclic) bond motifs is 1. The molecule has 0 bridgehead atoms. The summed E-state index contributed by atoms with van der Waals surface area (Å²) in [6.45, 7) is 4.22. The summed E-state index contributed by atoms with van der Waals surface area (Å²) >= 11 is 7.61. The van der Waals surface area contributed by atoms with Crippen LogP contribution in [-0.2, 0) is 19.6 Å². The van der Waals surface area contributed by atoms with Crippen molar-refractivity contribution in [3.63, 3.8) is 0 Å². The molecule has 2 heterocycles. The highest BCUT2D eigenvalue weighted by Gasteiger charge is 2.33. The third kappa shape index (κ3) is 4.66. The van der Waals surface area contributed by atoms with Gasteiger partial charge in [-0.2, -0.15) is 4.31 Å². The van der Waals surface area contributed by atoms with Gasteiger partial charge in [-0.3, -0.25) is 9.59 Å². The number of hydrogen-bond acceptors (Lipinski definition) is 5. The van der Waals surface area contributed by atoms with E-state index in [4.69, 9.17) is 11.6 Å². The average molecular weight is 494 g/mol. The quantitative estimate of drug-likeness (QED) is 0.668. The van der Waals surface area contributed by atoms with E-state index in [2.05, 4.69) is 10.6 Å². The van der Waals surface area contributed by atoms with Gasteiger partial charge in [-0.05, 0) is 62.6 Å². The number of piperidine rings is 1. The smallest absolute Gasteiger partial charge is 0.243 e. The summed E-state index contributed by atoms with van der Waals surface area (Å²) in [4.78, 5) is 25.6. The zero-order valence-electron chi connectivity index (χ0n) is 17.7. The molecule has 2 aliphatic rings. The third-order valence-corrected chi connectivity index (χ3v) is 9.11. The number of thioether (sulfide) groups is 1. The molecule has 1 saturated heterocycles. The number of hydrogen-bond donors (Lipinski definition) is 2. The highest BCUT2D eigenvalue weighted by atomic mass is 35.5. The molecule has 0 aromatic heterocycles. The Balaban J connectivity index is 1.42. The molecular weight excluding hydrogens is 470 g/mol. The average Bonchev–Trinajstić information content (AvgIpc) is 2.76. The van der Waals surface area contributed by atoms with E-state index in [1.807, 2.05) is 13.0 Å². The second-order valence-corrected chi connectivity index (χ2v) is 11.8. The molecular formula is C22H24ClN3O4S2. The summed E-state index contributed by atoms with van der Waals surface area (Å²) in [6, 6.07) is 10.2. The SMILES string of the molecule is Cc1ccc(NC(=O)C2CCN(S(=O)(=O)c3ccc4c(c3)NC(=O)[C@@H](C)S4)CC2)c(Cl)c1. The van der Waals surface area contributed by atoms with Gasteiger partial charge in [-0.25, -0.2) is 8.42 Å². The monoisotopic (exact) mass is 493 g/mol. The summed E-state index contributed by atoms with van der Waals surface area (Å²) in [5.41, 5.74) is 2.07. The molecule has 2 aliphatic heterocycles. The first-order chi connectivity index (χ1) is 15.1. The largest absolute Gasteiger partial charge is 0.325 e. The second-order valence-electron chi connectivity index (χ2n) is 8.06. The van der Waals surface area contributed by atoms with Crippen LogP contribution in [0.2, 0.25) is 5.02 Å². The predicted molar refractivity (Wildman–Crippen MR) is 127 cm³/mol. The molecule has 0 saturated carbocycles. The molecule has 0 unspecified atom stereocenters. The number of benzene rings is 2. The Morgan fingerprint density at radius 1 is 1.19 bits per heavy atom. The van der Waals surface area contributed by atoms with Gasteiger partial charge in [0.2, 0.25) is 21.8 Å². The van der Waals surface area contributed by atoms with Gasteiger partial charge in [0.25, 0.3) is 0 Å². The van der Waals surface area contributed by atoms with E-state index in [0.717, 1.165) is 10.5 Å². The van der Waals surface area contributed by atoms with Crippen molar-refractivity contribution in [2.75, 3.05) is 23.7 Å². The number of amides is 2. The van der Waals surface area contributed by atoms with Crippen molar-refractivity contribution >= 4 is 56.6 Å². The van der Waals surface area contributed by atoms with Crippen molar-refractivity contribution < 1.29 is 18.0 Å². The molecule has 2 N–H and O–H groups in total. The summed E-state index contributed by atoms with van der Waals surface area (Å²) in [5, 5.41) is 5.88. The molecule has 0 radical (unpaired) electrons. The van der Waals surface area contributed by atoms with Crippen molar-refractivity contribution in [2.24, 2.45) is 5.92 Å². The molecule has 32 heavy (non-hydrogen) atoms. The van der Waals surface area contributed by atoms with Crippen LogP contribution < -0.4 is 10.6 Å². The molecule has 2 aromatic rings. The molecule has 2 aromatic carbocycles. The first-order valence-electron chi connectivity index (χ1n) is 10.3. The second kappa shape index (κ2) is 9.05. The van der Waals surface area contributed by atoms with E-state index >= 15 is 0 Å². The lowest BCUT2D eigenvalue weighted by Gasteiger charge is -2.31. The lowest BCUT2D eigenvalue weighted by molar-refractivity contribution is -0.121. The Morgan fingerprint density at radius 3 is 2.59 bits per heavy atom. The summed E-state index contributed by atoms with van der Waals surface area (Å²) in [5.74, 6) is -0.590. The molecule has 0 aliphatic carbocycles. The normalized spacial score (nSPS) is 19.8. The standard InChI is InChI=1S/C22H24ClN3O4S2/c1-13-3-5-18(17(23)11-13)24-22(28)15-7-9-26(10-8-15)32(29,30)16-4-6-20-19(12-16)25-21(27)14(2)31-20/h3-6,11-12,14-15H,7-10H2,1-2H3,(H,24,28)(H,25,27)/t14-/m1/s1. The molecule has 170 valence electrons. The van der Waals surface area contributed by atoms with Crippen LogP contribution in [0.4, 0.5) is 11.4 Å². The number of halogens is 1. The fourth-order valence-corrected chi connectivity index (χ4v) is 6.52. The van der Waals surface area contributed by atoms with E-state index in [9.17, 15) is 18.0 Å². The molecule has 7 nitrogen and oxygen atoms in total. The van der Waals surface area contributed by atoms with Gasteiger partial charge in [0, 0.05) is 23.9 Å². The lowest BCUT2D eigenvalue weighted by Crippen LogP contribution is -2.41. The van der Waals surface area contributed by atoms with Crippen molar-refractivity contribution in [1.82, 2.24) is 4.31 Å². The molecule has 10 heteroatoms. The Labute approximate surface area is 196 Å². The van der Waals surface area contributed by atoms with Crippen LogP contribution >= 0.6 is 23.4 Å². The third-order valence-electron chi connectivity index (χ3n) is 5.73. The zero-order valence-corrected chi connectivity index (χ0v) is 20.1. The van der Waals surface area contributed by atoms with Crippen LogP contribution in [0.3, 0.4) is 0 Å². The van der Waals surface area contributed by atoms with Gasteiger partial charge in [-0.15, -0.1) is 11.8 Å². The Kier molecular flexibility index (Phi) is 6.53. The van der Waals surface area contributed by atoms with Crippen molar-refractivity contribution in [3.05, 3.63) is 47.0 Å². The molecule has 1 atom stereocenters. The minimum atomic E-state index is -3.73. The zero-order chi connectivity index (χ0) is 23.0. The number of aryl methyl sites for hydroxylation is 1. The fourth-order valence-electron chi connectivity index (χ4n) is 3.81. The van der Waals surface area contributed by atoms with Crippen molar-refractivity contribution in [3.8, 4) is 0 Å². The van der Waals surface area contributed by atoms with E-state index in [1.165, 1.54) is 22.1 Å². The van der Waals surface area contributed by atoms with Crippen LogP contribution in [0.5, 0.6) is 0 Å². The van der Waals surface area contributed by atoms with Crippen molar-refractivity contribution in [1.29, 1.82) is 0 Å². The number of nitrogens with one attached hydrogen (secondary N) is 2. The van der Waals surface area contributed by atoms with Gasteiger partial charge in [0.05, 0.1) is 26.5 Å². The van der Waals surface area contributed by atoms with Crippen LogP contribution in [0.1, 0.15) is 25.3 Å². The fraction of sp³-hybridized carbons (Fsp3) is 0.364. The maximum absolute atomic E-state index is 13.2. The Bertz CT molecular complexity index is 1180. The van der Waals surface area contributed by atoms with E-state index < -0.39 is 10.0 Å². The molecule has 4 rings (SSSR count). The van der Waals surface area contributed by atoms with Gasteiger partial charge < -0.3 is 10.6 Å². The van der Waals surface area contributed by atoms with E-state index in [0.29, 0.717) is 29.2 Å². The molecule has 1 fully saturated rings. The number of carbonyl (C=O) groups excluding carboxylic acids is 2. The molecule has 2 amide bonds. The maximum Gasteiger partial charge on any atom is 0.243 e. The maximum atomic E-state index is 13.2. The van der Waals surface area contributed by atoms with E-state index in [1.54, 1.807) is 31.2 Å². The number of rotatable bonds is 4. The van der Waals surface area contributed by atoms with E-state index in [-0.39, 0.29) is 41.0 Å². The summed E-state index contributed by atoms with van der Waals surface area (Å²) < 4.78 is 27.7. The van der Waals surface area contributed by atoms with Gasteiger partial charge in [0.1, 0.15) is 0 Å². The Morgan fingerprint density at radius 2 is 1.91 bits per heavy atom. The highest BCUT2D eigenvalue weighted by Crippen LogP contribution is 2.37. The number of sulfonamides is 1. The van der Waals surface area contributed by atoms with Crippen molar-refractivity contribution in [2.45, 2.75) is 41.7 Å². The first kappa shape index (κ1) is 23.1. The topological polar surface area (TPSA) is 95.6 Å².